The van der Waals surface area contributed by atoms with Gasteiger partial charge in [0.1, 0.15) is 0 Å². The van der Waals surface area contributed by atoms with Crippen LogP contribution in [0.4, 0.5) is 5.69 Å². The van der Waals surface area contributed by atoms with Gasteiger partial charge in [-0.2, -0.15) is 0 Å². The summed E-state index contributed by atoms with van der Waals surface area (Å²) in [4.78, 5) is 14.3. The lowest BCUT2D eigenvalue weighted by atomic mass is 10.1. The lowest BCUT2D eigenvalue weighted by Gasteiger charge is -2.22. The highest BCUT2D eigenvalue weighted by Crippen LogP contribution is 2.29. The number of benzene rings is 1. The summed E-state index contributed by atoms with van der Waals surface area (Å²) in [5.41, 5.74) is 7.64. The molecule has 3 heteroatoms. The lowest BCUT2D eigenvalue weighted by molar-refractivity contribution is -0.132. The first-order valence-electron chi connectivity index (χ1n) is 7.34. The summed E-state index contributed by atoms with van der Waals surface area (Å²) >= 11 is 0. The number of hydrogen-bond donors (Lipinski definition) is 1. The summed E-state index contributed by atoms with van der Waals surface area (Å²) in [7, 11) is 0. The number of nitrogens with two attached hydrogens (primary N) is 1. The maximum Gasteiger partial charge on any atom is 0.223 e. The van der Waals surface area contributed by atoms with Crippen LogP contribution in [0.2, 0.25) is 0 Å². The van der Waals surface area contributed by atoms with Crippen LogP contribution in [0.1, 0.15) is 51.0 Å². The third-order valence-corrected chi connectivity index (χ3v) is 3.63. The Kier molecular flexibility index (Phi) is 4.83. The maximum atomic E-state index is 12.3. The van der Waals surface area contributed by atoms with E-state index in [-0.39, 0.29) is 0 Å². The number of rotatable bonds is 7. The van der Waals surface area contributed by atoms with Crippen LogP contribution in [0.5, 0.6) is 0 Å². The van der Waals surface area contributed by atoms with Crippen LogP contribution in [0.3, 0.4) is 0 Å². The Morgan fingerprint density at radius 1 is 1.26 bits per heavy atom. The van der Waals surface area contributed by atoms with E-state index in [2.05, 4.69) is 11.8 Å². The van der Waals surface area contributed by atoms with Crippen molar-refractivity contribution in [1.82, 2.24) is 4.90 Å². The summed E-state index contributed by atoms with van der Waals surface area (Å²) in [5, 5.41) is 0. The highest BCUT2D eigenvalue weighted by Gasteiger charge is 2.31. The largest absolute Gasteiger partial charge is 0.399 e. The molecule has 0 heterocycles. The van der Waals surface area contributed by atoms with Gasteiger partial charge in [-0.25, -0.2) is 0 Å². The van der Waals surface area contributed by atoms with Crippen molar-refractivity contribution in [2.45, 2.75) is 58.0 Å². The topological polar surface area (TPSA) is 46.3 Å². The van der Waals surface area contributed by atoms with Gasteiger partial charge in [0.25, 0.3) is 0 Å². The number of nitrogens with zero attached hydrogens (tertiary/aromatic N) is 1. The van der Waals surface area contributed by atoms with Crippen molar-refractivity contribution < 1.29 is 4.79 Å². The standard InChI is InChI=1S/C16H24N2O/c1-2-3-4-5-16(19)18(15-10-11-15)12-13-6-8-14(17)9-7-13/h6-9,15H,2-5,10-12,17H2,1H3. The number of carbonyl (C=O) groups excluding carboxylic acids is 1. The molecular formula is C16H24N2O. The van der Waals surface area contributed by atoms with Crippen molar-refractivity contribution >= 4 is 11.6 Å². The molecule has 1 aromatic rings. The zero-order chi connectivity index (χ0) is 13.7. The molecule has 2 rings (SSSR count). The van der Waals surface area contributed by atoms with Crippen molar-refractivity contribution in [3.63, 3.8) is 0 Å². The smallest absolute Gasteiger partial charge is 0.223 e. The minimum Gasteiger partial charge on any atom is -0.399 e. The van der Waals surface area contributed by atoms with E-state index in [0.29, 0.717) is 18.4 Å². The summed E-state index contributed by atoms with van der Waals surface area (Å²) in [6, 6.07) is 8.32. The molecule has 2 N–H and O–H groups in total. The van der Waals surface area contributed by atoms with Crippen LogP contribution in [-0.4, -0.2) is 16.8 Å². The van der Waals surface area contributed by atoms with Crippen molar-refractivity contribution in [3.8, 4) is 0 Å². The van der Waals surface area contributed by atoms with Crippen LogP contribution in [0, 0.1) is 0 Å². The van der Waals surface area contributed by atoms with Gasteiger partial charge in [-0.1, -0.05) is 31.9 Å². The predicted octanol–water partition coefficient (Wildman–Crippen LogP) is 3.34. The number of hydrogen-bond acceptors (Lipinski definition) is 2. The second-order valence-electron chi connectivity index (χ2n) is 5.45. The summed E-state index contributed by atoms with van der Waals surface area (Å²) < 4.78 is 0. The van der Waals surface area contributed by atoms with E-state index in [0.717, 1.165) is 44.3 Å². The van der Waals surface area contributed by atoms with Crippen molar-refractivity contribution in [1.29, 1.82) is 0 Å². The average Bonchev–Trinajstić information content (AvgIpc) is 3.22. The molecule has 0 spiro atoms. The van der Waals surface area contributed by atoms with Crippen LogP contribution >= 0.6 is 0 Å². The minimum atomic E-state index is 0.313. The van der Waals surface area contributed by atoms with Gasteiger partial charge < -0.3 is 10.6 Å². The fourth-order valence-electron chi connectivity index (χ4n) is 2.30. The van der Waals surface area contributed by atoms with Gasteiger partial charge >= 0.3 is 0 Å². The molecule has 0 unspecified atom stereocenters. The minimum absolute atomic E-state index is 0.313. The second kappa shape index (κ2) is 6.60. The summed E-state index contributed by atoms with van der Waals surface area (Å²) in [6.45, 7) is 2.90. The second-order valence-corrected chi connectivity index (χ2v) is 5.45. The van der Waals surface area contributed by atoms with E-state index in [4.69, 9.17) is 5.73 Å². The summed E-state index contributed by atoms with van der Waals surface area (Å²) in [5.74, 6) is 0.313. The lowest BCUT2D eigenvalue weighted by Crippen LogP contribution is -2.32. The van der Waals surface area contributed by atoms with Crippen LogP contribution < -0.4 is 5.73 Å². The molecule has 0 saturated heterocycles. The van der Waals surface area contributed by atoms with E-state index in [1.165, 1.54) is 5.56 Å². The van der Waals surface area contributed by atoms with Crippen molar-refractivity contribution in [2.24, 2.45) is 0 Å². The Hall–Kier alpha value is -1.51. The molecule has 1 saturated carbocycles. The number of anilines is 1. The van der Waals surface area contributed by atoms with Crippen molar-refractivity contribution in [3.05, 3.63) is 29.8 Å². The van der Waals surface area contributed by atoms with Gasteiger partial charge in [0.2, 0.25) is 5.91 Å². The van der Waals surface area contributed by atoms with E-state index in [1.54, 1.807) is 0 Å². The molecule has 19 heavy (non-hydrogen) atoms. The van der Waals surface area contributed by atoms with Crippen LogP contribution in [0.15, 0.2) is 24.3 Å². The number of unbranched alkanes of at least 4 members (excludes halogenated alkanes) is 2. The molecule has 0 aromatic heterocycles. The fourth-order valence-corrected chi connectivity index (χ4v) is 2.30. The molecule has 0 aliphatic heterocycles. The highest BCUT2D eigenvalue weighted by atomic mass is 16.2. The summed E-state index contributed by atoms with van der Waals surface area (Å²) in [6.07, 6.45) is 6.34. The molecule has 1 fully saturated rings. The monoisotopic (exact) mass is 260 g/mol. The third kappa shape index (κ3) is 4.27. The molecule has 0 atom stereocenters. The first-order valence-corrected chi connectivity index (χ1v) is 7.34. The highest BCUT2D eigenvalue weighted by molar-refractivity contribution is 5.76. The Labute approximate surface area is 115 Å². The zero-order valence-electron chi connectivity index (χ0n) is 11.8. The van der Waals surface area contributed by atoms with Gasteiger partial charge in [0, 0.05) is 24.7 Å². The molecular weight excluding hydrogens is 236 g/mol. The Morgan fingerprint density at radius 3 is 2.53 bits per heavy atom. The van der Waals surface area contributed by atoms with Gasteiger partial charge in [-0.05, 0) is 37.0 Å². The fraction of sp³-hybridized carbons (Fsp3) is 0.562. The molecule has 1 aromatic carbocycles. The van der Waals surface area contributed by atoms with Gasteiger partial charge in [0.15, 0.2) is 0 Å². The molecule has 1 aliphatic carbocycles. The molecule has 0 bridgehead atoms. The predicted molar refractivity (Wildman–Crippen MR) is 78.6 cm³/mol. The van der Waals surface area contributed by atoms with Crippen LogP contribution in [0.25, 0.3) is 0 Å². The first kappa shape index (κ1) is 13.9. The third-order valence-electron chi connectivity index (χ3n) is 3.63. The average molecular weight is 260 g/mol. The van der Waals surface area contributed by atoms with E-state index in [9.17, 15) is 4.79 Å². The molecule has 104 valence electrons. The van der Waals surface area contributed by atoms with Crippen molar-refractivity contribution in [2.75, 3.05) is 5.73 Å². The zero-order valence-corrected chi connectivity index (χ0v) is 11.8. The number of nitrogen functional groups attached to an aromatic ring is 1. The number of amides is 1. The quantitative estimate of drug-likeness (QED) is 0.603. The Morgan fingerprint density at radius 2 is 1.95 bits per heavy atom. The number of carbonyl (C=O) groups is 1. The van der Waals surface area contributed by atoms with E-state index in [1.807, 2.05) is 24.3 Å². The Bertz CT molecular complexity index is 409. The van der Waals surface area contributed by atoms with Gasteiger partial charge in [-0.3, -0.25) is 4.79 Å². The Balaban J connectivity index is 1.92. The maximum absolute atomic E-state index is 12.3. The normalized spacial score (nSPS) is 14.4. The SMILES string of the molecule is CCCCCC(=O)N(Cc1ccc(N)cc1)C1CC1. The van der Waals surface area contributed by atoms with Crippen LogP contribution in [-0.2, 0) is 11.3 Å². The molecule has 0 radical (unpaired) electrons. The molecule has 1 amide bonds. The van der Waals surface area contributed by atoms with E-state index >= 15 is 0 Å². The van der Waals surface area contributed by atoms with Gasteiger partial charge in [0.05, 0.1) is 0 Å². The first-order chi connectivity index (χ1) is 9.20. The molecule has 1 aliphatic rings. The van der Waals surface area contributed by atoms with E-state index < -0.39 is 0 Å². The van der Waals surface area contributed by atoms with Gasteiger partial charge in [-0.15, -0.1) is 0 Å². The molecule has 3 nitrogen and oxygen atoms in total.